The summed E-state index contributed by atoms with van der Waals surface area (Å²) in [6.07, 6.45) is 3.37. The maximum atomic E-state index is 10.9. The Bertz CT molecular complexity index is 198. The van der Waals surface area contributed by atoms with Crippen LogP contribution >= 0.6 is 0 Å². The summed E-state index contributed by atoms with van der Waals surface area (Å²) in [4.78, 5) is 13.2. The van der Waals surface area contributed by atoms with E-state index in [1.54, 1.807) is 0 Å². The van der Waals surface area contributed by atoms with Crippen molar-refractivity contribution in [2.45, 2.75) is 6.92 Å². The molecule has 0 aromatic rings. The third kappa shape index (κ3) is 4.39. The SMILES string of the molecule is CCOC(=O)/C=C/CN1CCNCC1. The van der Waals surface area contributed by atoms with Gasteiger partial charge in [0.2, 0.25) is 0 Å². The summed E-state index contributed by atoms with van der Waals surface area (Å²) in [5.41, 5.74) is 0. The Morgan fingerprint density at radius 1 is 1.50 bits per heavy atom. The number of ether oxygens (including phenoxy) is 1. The van der Waals surface area contributed by atoms with Gasteiger partial charge in [-0.1, -0.05) is 6.08 Å². The Balaban J connectivity index is 2.14. The molecule has 1 fully saturated rings. The fourth-order valence-electron chi connectivity index (χ4n) is 1.38. The van der Waals surface area contributed by atoms with Crippen molar-refractivity contribution in [3.05, 3.63) is 12.2 Å². The molecule has 1 rings (SSSR count). The van der Waals surface area contributed by atoms with Crippen LogP contribution in [0.15, 0.2) is 12.2 Å². The van der Waals surface area contributed by atoms with Crippen LogP contribution in [0.3, 0.4) is 0 Å². The molecule has 1 saturated heterocycles. The fourth-order valence-corrected chi connectivity index (χ4v) is 1.38. The van der Waals surface area contributed by atoms with Gasteiger partial charge >= 0.3 is 5.97 Å². The van der Waals surface area contributed by atoms with Gasteiger partial charge in [0.25, 0.3) is 0 Å². The van der Waals surface area contributed by atoms with E-state index in [1.807, 2.05) is 13.0 Å². The van der Waals surface area contributed by atoms with E-state index in [0.29, 0.717) is 6.61 Å². The molecular weight excluding hydrogens is 180 g/mol. The molecule has 4 heteroatoms. The molecule has 0 unspecified atom stereocenters. The third-order valence-electron chi connectivity index (χ3n) is 2.11. The highest BCUT2D eigenvalue weighted by molar-refractivity contribution is 5.81. The maximum Gasteiger partial charge on any atom is 0.330 e. The number of nitrogens with one attached hydrogen (secondary N) is 1. The Hall–Kier alpha value is -0.870. The molecule has 0 amide bonds. The maximum absolute atomic E-state index is 10.9. The van der Waals surface area contributed by atoms with Crippen molar-refractivity contribution in [3.63, 3.8) is 0 Å². The van der Waals surface area contributed by atoms with E-state index in [0.717, 1.165) is 32.7 Å². The van der Waals surface area contributed by atoms with E-state index in [1.165, 1.54) is 6.08 Å². The molecule has 0 atom stereocenters. The lowest BCUT2D eigenvalue weighted by Gasteiger charge is -2.25. The van der Waals surface area contributed by atoms with Crippen LogP contribution in [0.5, 0.6) is 0 Å². The van der Waals surface area contributed by atoms with Crippen molar-refractivity contribution < 1.29 is 9.53 Å². The molecule has 4 nitrogen and oxygen atoms in total. The van der Waals surface area contributed by atoms with Gasteiger partial charge in [0.05, 0.1) is 6.61 Å². The van der Waals surface area contributed by atoms with Gasteiger partial charge in [0.1, 0.15) is 0 Å². The lowest BCUT2D eigenvalue weighted by Crippen LogP contribution is -2.43. The molecule has 14 heavy (non-hydrogen) atoms. The minimum absolute atomic E-state index is 0.248. The number of hydrogen-bond donors (Lipinski definition) is 1. The summed E-state index contributed by atoms with van der Waals surface area (Å²) < 4.78 is 4.77. The standard InChI is InChI=1S/C10H18N2O2/c1-2-14-10(13)4-3-7-12-8-5-11-6-9-12/h3-4,11H,2,5-9H2,1H3/b4-3+. The first kappa shape index (κ1) is 11.2. The van der Waals surface area contributed by atoms with Gasteiger partial charge in [-0.15, -0.1) is 0 Å². The van der Waals surface area contributed by atoms with Crippen molar-refractivity contribution in [2.24, 2.45) is 0 Å². The van der Waals surface area contributed by atoms with Gasteiger partial charge in [0.15, 0.2) is 0 Å². The van der Waals surface area contributed by atoms with Gasteiger partial charge in [-0.2, -0.15) is 0 Å². The Labute approximate surface area is 84.9 Å². The second-order valence-corrected chi connectivity index (χ2v) is 3.21. The lowest BCUT2D eigenvalue weighted by atomic mass is 10.3. The predicted molar refractivity (Wildman–Crippen MR) is 55.1 cm³/mol. The van der Waals surface area contributed by atoms with Crippen LogP contribution in [0.1, 0.15) is 6.92 Å². The zero-order chi connectivity index (χ0) is 10.2. The average Bonchev–Trinajstić information content (AvgIpc) is 2.20. The van der Waals surface area contributed by atoms with Crippen molar-refractivity contribution in [1.82, 2.24) is 10.2 Å². The van der Waals surface area contributed by atoms with E-state index < -0.39 is 0 Å². The third-order valence-corrected chi connectivity index (χ3v) is 2.11. The highest BCUT2D eigenvalue weighted by Crippen LogP contribution is 1.92. The second kappa shape index (κ2) is 6.56. The van der Waals surface area contributed by atoms with Gasteiger partial charge in [0, 0.05) is 38.8 Å². The molecule has 1 N–H and O–H groups in total. The van der Waals surface area contributed by atoms with E-state index in [2.05, 4.69) is 10.2 Å². The monoisotopic (exact) mass is 198 g/mol. The van der Waals surface area contributed by atoms with Gasteiger partial charge in [-0.25, -0.2) is 4.79 Å². The molecule has 0 aliphatic carbocycles. The minimum atomic E-state index is -0.248. The summed E-state index contributed by atoms with van der Waals surface area (Å²) in [5, 5.41) is 3.28. The molecule has 0 radical (unpaired) electrons. The van der Waals surface area contributed by atoms with E-state index in [4.69, 9.17) is 4.74 Å². The number of carbonyl (C=O) groups is 1. The predicted octanol–water partition coefficient (Wildman–Crippen LogP) is 0.0109. The molecule has 0 spiro atoms. The van der Waals surface area contributed by atoms with Gasteiger partial charge in [-0.3, -0.25) is 4.90 Å². The summed E-state index contributed by atoms with van der Waals surface area (Å²) in [5.74, 6) is -0.248. The first-order valence-corrected chi connectivity index (χ1v) is 5.09. The molecule has 0 saturated carbocycles. The number of carbonyl (C=O) groups excluding carboxylic acids is 1. The van der Waals surface area contributed by atoms with Crippen molar-refractivity contribution in [2.75, 3.05) is 39.3 Å². The Morgan fingerprint density at radius 3 is 2.86 bits per heavy atom. The first-order valence-electron chi connectivity index (χ1n) is 5.09. The highest BCUT2D eigenvalue weighted by atomic mass is 16.5. The van der Waals surface area contributed by atoms with Crippen LogP contribution in [-0.4, -0.2) is 50.2 Å². The zero-order valence-electron chi connectivity index (χ0n) is 8.66. The minimum Gasteiger partial charge on any atom is -0.463 e. The topological polar surface area (TPSA) is 41.6 Å². The molecule has 1 aliphatic rings. The number of rotatable bonds is 4. The molecule has 80 valence electrons. The molecule has 1 aliphatic heterocycles. The van der Waals surface area contributed by atoms with Crippen molar-refractivity contribution in [1.29, 1.82) is 0 Å². The number of piperazine rings is 1. The quantitative estimate of drug-likeness (QED) is 0.510. The second-order valence-electron chi connectivity index (χ2n) is 3.21. The smallest absolute Gasteiger partial charge is 0.330 e. The van der Waals surface area contributed by atoms with Crippen LogP contribution in [0.25, 0.3) is 0 Å². The van der Waals surface area contributed by atoms with Crippen molar-refractivity contribution in [3.8, 4) is 0 Å². The zero-order valence-corrected chi connectivity index (χ0v) is 8.66. The lowest BCUT2D eigenvalue weighted by molar-refractivity contribution is -0.137. The van der Waals surface area contributed by atoms with E-state index in [9.17, 15) is 4.79 Å². The summed E-state index contributed by atoms with van der Waals surface area (Å²) >= 11 is 0. The number of hydrogen-bond acceptors (Lipinski definition) is 4. The Kier molecular flexibility index (Phi) is 5.25. The Morgan fingerprint density at radius 2 is 2.21 bits per heavy atom. The van der Waals surface area contributed by atoms with Crippen LogP contribution in [-0.2, 0) is 9.53 Å². The molecule has 0 bridgehead atoms. The first-order chi connectivity index (χ1) is 6.83. The highest BCUT2D eigenvalue weighted by Gasteiger charge is 2.06. The van der Waals surface area contributed by atoms with Crippen LogP contribution in [0.2, 0.25) is 0 Å². The largest absolute Gasteiger partial charge is 0.463 e. The summed E-state index contributed by atoms with van der Waals surface area (Å²) in [6.45, 7) is 7.25. The molecule has 0 aromatic carbocycles. The van der Waals surface area contributed by atoms with Gasteiger partial charge in [-0.05, 0) is 6.92 Å². The number of esters is 1. The molecule has 0 aromatic heterocycles. The fraction of sp³-hybridized carbons (Fsp3) is 0.700. The number of nitrogens with zero attached hydrogens (tertiary/aromatic N) is 1. The van der Waals surface area contributed by atoms with E-state index in [-0.39, 0.29) is 5.97 Å². The summed E-state index contributed by atoms with van der Waals surface area (Å²) in [7, 11) is 0. The average molecular weight is 198 g/mol. The van der Waals surface area contributed by atoms with Crippen LogP contribution in [0, 0.1) is 0 Å². The van der Waals surface area contributed by atoms with E-state index >= 15 is 0 Å². The molecular formula is C10H18N2O2. The van der Waals surface area contributed by atoms with Crippen LogP contribution < -0.4 is 5.32 Å². The van der Waals surface area contributed by atoms with Crippen molar-refractivity contribution >= 4 is 5.97 Å². The van der Waals surface area contributed by atoms with Gasteiger partial charge < -0.3 is 10.1 Å². The summed E-state index contributed by atoms with van der Waals surface area (Å²) in [6, 6.07) is 0. The molecule has 1 heterocycles. The normalized spacial score (nSPS) is 18.6. The van der Waals surface area contributed by atoms with Crippen LogP contribution in [0.4, 0.5) is 0 Å².